The minimum absolute atomic E-state index is 0. The molecule has 0 nitrogen and oxygen atoms in total. The number of rotatable bonds is 2. The summed E-state index contributed by atoms with van der Waals surface area (Å²) in [5.74, 6) is 0. The SMILES string of the molecule is CC(C)(C)C1(C2=[C-]CC=C2)CCCC1.CC(C)(C)C1(C2=[C-]CC=C2)CCCC1.[Cl-].[Cl-].[Zr+4]. The van der Waals surface area contributed by atoms with E-state index >= 15 is 0 Å². The number of allylic oxidation sites excluding steroid dienone is 8. The smallest absolute Gasteiger partial charge is 1.00 e. The second kappa shape index (κ2) is 12.2. The van der Waals surface area contributed by atoms with Crippen LogP contribution in [0.4, 0.5) is 0 Å². The van der Waals surface area contributed by atoms with Crippen LogP contribution >= 0.6 is 0 Å². The van der Waals surface area contributed by atoms with Crippen LogP contribution in [-0.2, 0) is 26.2 Å². The van der Waals surface area contributed by atoms with E-state index in [4.69, 9.17) is 0 Å². The van der Waals surface area contributed by atoms with E-state index in [1.165, 1.54) is 62.5 Å². The van der Waals surface area contributed by atoms with Crippen LogP contribution in [0.1, 0.15) is 106 Å². The minimum atomic E-state index is 0. The fourth-order valence-electron chi connectivity index (χ4n) is 6.27. The van der Waals surface area contributed by atoms with Crippen molar-refractivity contribution in [2.45, 2.75) is 106 Å². The maximum Gasteiger partial charge on any atom is 4.00 e. The Morgan fingerprint density at radius 3 is 1.10 bits per heavy atom. The van der Waals surface area contributed by atoms with Crippen molar-refractivity contribution in [3.8, 4) is 0 Å². The largest absolute Gasteiger partial charge is 4.00 e. The van der Waals surface area contributed by atoms with Gasteiger partial charge in [-0.2, -0.15) is 12.2 Å². The summed E-state index contributed by atoms with van der Waals surface area (Å²) in [6, 6.07) is 0. The molecule has 0 aromatic rings. The van der Waals surface area contributed by atoms with E-state index in [0.29, 0.717) is 21.7 Å². The van der Waals surface area contributed by atoms with Gasteiger partial charge in [-0.25, -0.2) is 23.3 Å². The van der Waals surface area contributed by atoms with Crippen LogP contribution in [0.25, 0.3) is 0 Å². The molecule has 0 unspecified atom stereocenters. The molecular weight excluding hydrogens is 498 g/mol. The molecule has 2 fully saturated rings. The maximum atomic E-state index is 3.55. The van der Waals surface area contributed by atoms with Crippen molar-refractivity contribution in [3.05, 3.63) is 47.6 Å². The van der Waals surface area contributed by atoms with Crippen LogP contribution in [0, 0.1) is 33.8 Å². The van der Waals surface area contributed by atoms with Gasteiger partial charge in [0.05, 0.1) is 0 Å². The Morgan fingerprint density at radius 2 is 0.903 bits per heavy atom. The summed E-state index contributed by atoms with van der Waals surface area (Å²) in [5, 5.41) is 0. The van der Waals surface area contributed by atoms with Gasteiger partial charge in [-0.3, -0.25) is 12.2 Å². The Morgan fingerprint density at radius 1 is 0.613 bits per heavy atom. The molecule has 3 heteroatoms. The first kappa shape index (κ1) is 31.4. The summed E-state index contributed by atoms with van der Waals surface area (Å²) < 4.78 is 0. The van der Waals surface area contributed by atoms with Crippen LogP contribution in [0.5, 0.6) is 0 Å². The zero-order chi connectivity index (χ0) is 20.5. The molecule has 0 spiro atoms. The van der Waals surface area contributed by atoms with Gasteiger partial charge < -0.3 is 24.8 Å². The fourth-order valence-corrected chi connectivity index (χ4v) is 6.27. The van der Waals surface area contributed by atoms with Crippen molar-refractivity contribution in [2.75, 3.05) is 0 Å². The van der Waals surface area contributed by atoms with Gasteiger partial charge in [-0.05, 0) is 47.3 Å². The summed E-state index contributed by atoms with van der Waals surface area (Å²) in [5.41, 5.74) is 4.64. The Hall–Kier alpha value is 0.423. The van der Waals surface area contributed by atoms with Gasteiger partial charge in [-0.1, -0.05) is 67.2 Å². The van der Waals surface area contributed by atoms with Crippen molar-refractivity contribution in [2.24, 2.45) is 21.7 Å². The van der Waals surface area contributed by atoms with Gasteiger partial charge in [0.15, 0.2) is 0 Å². The van der Waals surface area contributed by atoms with Crippen LogP contribution in [0.15, 0.2) is 35.5 Å². The third-order valence-corrected chi connectivity index (χ3v) is 8.21. The Bertz CT molecular complexity index is 611. The summed E-state index contributed by atoms with van der Waals surface area (Å²) in [6.07, 6.45) is 29.4. The van der Waals surface area contributed by atoms with Gasteiger partial charge >= 0.3 is 26.2 Å². The molecule has 0 amide bonds. The van der Waals surface area contributed by atoms with Crippen LogP contribution < -0.4 is 24.8 Å². The molecule has 0 atom stereocenters. The molecule has 0 saturated heterocycles. The zero-order valence-electron chi connectivity index (χ0n) is 20.6. The molecule has 0 heterocycles. The first-order chi connectivity index (χ1) is 13.1. The van der Waals surface area contributed by atoms with Crippen molar-refractivity contribution in [1.29, 1.82) is 0 Å². The van der Waals surface area contributed by atoms with E-state index in [0.717, 1.165) is 12.8 Å². The molecule has 0 radical (unpaired) electrons. The zero-order valence-corrected chi connectivity index (χ0v) is 24.6. The molecule has 31 heavy (non-hydrogen) atoms. The van der Waals surface area contributed by atoms with Crippen molar-refractivity contribution < 1.29 is 51.0 Å². The van der Waals surface area contributed by atoms with E-state index in [1.54, 1.807) is 0 Å². The molecule has 172 valence electrons. The molecule has 2 saturated carbocycles. The van der Waals surface area contributed by atoms with Gasteiger partial charge in [0.2, 0.25) is 0 Å². The number of hydrogen-bond donors (Lipinski definition) is 0. The normalized spacial score (nSPS) is 23.0. The summed E-state index contributed by atoms with van der Waals surface area (Å²) in [7, 11) is 0. The average molecular weight is 541 g/mol. The third kappa shape index (κ3) is 6.31. The molecule has 0 aromatic heterocycles. The Labute approximate surface area is 224 Å². The first-order valence-electron chi connectivity index (χ1n) is 11.7. The van der Waals surface area contributed by atoms with E-state index in [2.05, 4.69) is 78.0 Å². The molecule has 4 aliphatic carbocycles. The summed E-state index contributed by atoms with van der Waals surface area (Å²) in [6.45, 7) is 14.3. The minimum Gasteiger partial charge on any atom is -1.00 e. The van der Waals surface area contributed by atoms with Crippen LogP contribution in [0.3, 0.4) is 0 Å². The van der Waals surface area contributed by atoms with Crippen LogP contribution in [0.2, 0.25) is 0 Å². The summed E-state index contributed by atoms with van der Waals surface area (Å²) >= 11 is 0. The molecule has 0 N–H and O–H groups in total. The number of hydrogen-bond acceptors (Lipinski definition) is 0. The first-order valence-corrected chi connectivity index (χ1v) is 11.7. The van der Waals surface area contributed by atoms with E-state index in [1.807, 2.05) is 0 Å². The second-order valence-corrected chi connectivity index (χ2v) is 11.5. The monoisotopic (exact) mass is 538 g/mol. The Kier molecular flexibility index (Phi) is 12.4. The van der Waals surface area contributed by atoms with E-state index in [-0.39, 0.29) is 51.0 Å². The van der Waals surface area contributed by atoms with Crippen molar-refractivity contribution in [1.82, 2.24) is 0 Å². The second-order valence-electron chi connectivity index (χ2n) is 11.5. The Balaban J connectivity index is 0.000000529. The van der Waals surface area contributed by atoms with Crippen molar-refractivity contribution >= 4 is 0 Å². The quantitative estimate of drug-likeness (QED) is 0.473. The van der Waals surface area contributed by atoms with E-state index < -0.39 is 0 Å². The molecular formula is C28H42Cl2Zr. The predicted molar refractivity (Wildman–Crippen MR) is 122 cm³/mol. The van der Waals surface area contributed by atoms with Gasteiger partial charge in [-0.15, -0.1) is 12.8 Å². The van der Waals surface area contributed by atoms with Gasteiger partial charge in [0.1, 0.15) is 0 Å². The van der Waals surface area contributed by atoms with Gasteiger partial charge in [0, 0.05) is 0 Å². The topological polar surface area (TPSA) is 0 Å². The third-order valence-electron chi connectivity index (χ3n) is 8.21. The number of halogens is 2. The predicted octanol–water partition coefficient (Wildman–Crippen LogP) is 2.57. The van der Waals surface area contributed by atoms with E-state index in [9.17, 15) is 0 Å². The standard InChI is InChI=1S/2C14H21.2ClH.Zr/c2*1-13(2,3)14(10-6-7-11-14)12-8-4-5-9-12;;;/h2*4,8H,5-7,10-11H2,1-3H3;2*1H;/q2*-1;;;+4/p-2. The van der Waals surface area contributed by atoms with Crippen LogP contribution in [-0.4, -0.2) is 0 Å². The maximum absolute atomic E-state index is 3.55. The van der Waals surface area contributed by atoms with Gasteiger partial charge in [0.25, 0.3) is 0 Å². The fraction of sp³-hybridized carbons (Fsp3) is 0.714. The molecule has 0 aliphatic heterocycles. The molecule has 4 rings (SSSR count). The van der Waals surface area contributed by atoms with Crippen molar-refractivity contribution in [3.63, 3.8) is 0 Å². The molecule has 0 aromatic carbocycles. The molecule has 4 aliphatic rings. The molecule has 0 bridgehead atoms. The summed E-state index contributed by atoms with van der Waals surface area (Å²) in [4.78, 5) is 0. The average Bonchev–Trinajstić information content (AvgIpc) is 3.44.